The zero-order valence-corrected chi connectivity index (χ0v) is 11.2. The predicted molar refractivity (Wildman–Crippen MR) is 71.0 cm³/mol. The molecule has 0 amide bonds. The molecular formula is C15H22FNO. The van der Waals surface area contributed by atoms with Crippen molar-refractivity contribution in [2.24, 2.45) is 0 Å². The molecule has 2 rings (SSSR count). The molecular weight excluding hydrogens is 229 g/mol. The van der Waals surface area contributed by atoms with Crippen LogP contribution in [0.2, 0.25) is 0 Å². The van der Waals surface area contributed by atoms with Crippen LogP contribution in [-0.4, -0.2) is 29.6 Å². The minimum absolute atomic E-state index is 0.264. The van der Waals surface area contributed by atoms with Crippen molar-refractivity contribution < 1.29 is 9.50 Å². The average molecular weight is 251 g/mol. The summed E-state index contributed by atoms with van der Waals surface area (Å²) >= 11 is 0. The lowest BCUT2D eigenvalue weighted by Gasteiger charge is -2.39. The molecule has 3 heteroatoms. The van der Waals surface area contributed by atoms with E-state index in [1.807, 2.05) is 6.92 Å². The van der Waals surface area contributed by atoms with Crippen molar-refractivity contribution >= 4 is 0 Å². The van der Waals surface area contributed by atoms with Crippen LogP contribution >= 0.6 is 0 Å². The fourth-order valence-electron chi connectivity index (χ4n) is 2.83. The fraction of sp³-hybridized carbons (Fsp3) is 0.600. The largest absolute Gasteiger partial charge is 0.385 e. The highest BCUT2D eigenvalue weighted by molar-refractivity contribution is 5.32. The molecule has 1 aromatic rings. The lowest BCUT2D eigenvalue weighted by Crippen LogP contribution is -2.43. The molecule has 1 fully saturated rings. The van der Waals surface area contributed by atoms with Gasteiger partial charge in [-0.1, -0.05) is 13.0 Å². The van der Waals surface area contributed by atoms with E-state index in [1.165, 1.54) is 12.1 Å². The number of piperidine rings is 1. The molecule has 0 saturated carbocycles. The Bertz CT molecular complexity index is 411. The van der Waals surface area contributed by atoms with Gasteiger partial charge in [-0.25, -0.2) is 4.39 Å². The highest BCUT2D eigenvalue weighted by Gasteiger charge is 2.34. The van der Waals surface area contributed by atoms with Gasteiger partial charge in [0.15, 0.2) is 0 Å². The summed E-state index contributed by atoms with van der Waals surface area (Å²) in [4.78, 5) is 2.36. The van der Waals surface area contributed by atoms with Gasteiger partial charge in [-0.15, -0.1) is 0 Å². The number of hydrogen-bond donors (Lipinski definition) is 1. The number of rotatable bonds is 3. The third kappa shape index (κ3) is 2.73. The molecule has 1 saturated heterocycles. The van der Waals surface area contributed by atoms with E-state index in [-0.39, 0.29) is 5.82 Å². The molecule has 0 atom stereocenters. The quantitative estimate of drug-likeness (QED) is 0.893. The Balaban J connectivity index is 2.15. The van der Waals surface area contributed by atoms with Crippen LogP contribution in [0.3, 0.4) is 0 Å². The molecule has 1 aliphatic heterocycles. The lowest BCUT2D eigenvalue weighted by atomic mass is 9.82. The van der Waals surface area contributed by atoms with Crippen LogP contribution in [-0.2, 0) is 5.60 Å². The van der Waals surface area contributed by atoms with Gasteiger partial charge in [0, 0.05) is 13.1 Å². The number of aliphatic hydroxyl groups is 1. The smallest absolute Gasteiger partial charge is 0.123 e. The van der Waals surface area contributed by atoms with Crippen molar-refractivity contribution in [2.45, 2.75) is 38.7 Å². The minimum Gasteiger partial charge on any atom is -0.385 e. The molecule has 2 nitrogen and oxygen atoms in total. The molecule has 1 aliphatic rings. The summed E-state index contributed by atoms with van der Waals surface area (Å²) in [6.45, 7) is 6.96. The SMILES string of the molecule is CCCN1CCC(O)(c2cc(F)ccc2C)CC1. The lowest BCUT2D eigenvalue weighted by molar-refractivity contribution is -0.0264. The van der Waals surface area contributed by atoms with E-state index in [0.717, 1.165) is 37.2 Å². The van der Waals surface area contributed by atoms with Crippen LogP contribution in [0.4, 0.5) is 4.39 Å². The van der Waals surface area contributed by atoms with Crippen molar-refractivity contribution in [3.8, 4) is 0 Å². The Hall–Kier alpha value is -0.930. The van der Waals surface area contributed by atoms with E-state index < -0.39 is 5.60 Å². The predicted octanol–water partition coefficient (Wildman–Crippen LogP) is 2.83. The highest BCUT2D eigenvalue weighted by atomic mass is 19.1. The molecule has 0 aliphatic carbocycles. The molecule has 1 N–H and O–H groups in total. The summed E-state index contributed by atoms with van der Waals surface area (Å²) in [7, 11) is 0. The standard InChI is InChI=1S/C15H22FNO/c1-3-8-17-9-6-15(18,7-10-17)14-11-13(16)5-4-12(14)2/h4-5,11,18H,3,6-10H2,1-2H3. The van der Waals surface area contributed by atoms with Crippen molar-refractivity contribution in [1.82, 2.24) is 4.90 Å². The Kier molecular flexibility index (Phi) is 4.03. The number of hydrogen-bond acceptors (Lipinski definition) is 2. The van der Waals surface area contributed by atoms with Crippen molar-refractivity contribution in [1.29, 1.82) is 0 Å². The van der Waals surface area contributed by atoms with Crippen LogP contribution in [0.25, 0.3) is 0 Å². The van der Waals surface area contributed by atoms with Gasteiger partial charge in [0.2, 0.25) is 0 Å². The molecule has 0 spiro atoms. The second-order valence-electron chi connectivity index (χ2n) is 5.33. The third-order valence-corrected chi connectivity index (χ3v) is 3.92. The highest BCUT2D eigenvalue weighted by Crippen LogP contribution is 2.35. The van der Waals surface area contributed by atoms with Crippen LogP contribution in [0, 0.1) is 12.7 Å². The van der Waals surface area contributed by atoms with Gasteiger partial charge < -0.3 is 10.0 Å². The van der Waals surface area contributed by atoms with Gasteiger partial charge in [-0.2, -0.15) is 0 Å². The van der Waals surface area contributed by atoms with Crippen LogP contribution < -0.4 is 0 Å². The average Bonchev–Trinajstić information content (AvgIpc) is 2.36. The van der Waals surface area contributed by atoms with Crippen LogP contribution in [0.1, 0.15) is 37.3 Å². The van der Waals surface area contributed by atoms with Crippen molar-refractivity contribution in [2.75, 3.05) is 19.6 Å². The maximum absolute atomic E-state index is 13.3. The molecule has 18 heavy (non-hydrogen) atoms. The molecule has 1 aromatic carbocycles. The first-order valence-electron chi connectivity index (χ1n) is 6.76. The van der Waals surface area contributed by atoms with E-state index in [1.54, 1.807) is 6.07 Å². The Morgan fingerprint density at radius 2 is 2.00 bits per heavy atom. The van der Waals surface area contributed by atoms with E-state index in [9.17, 15) is 9.50 Å². The number of benzene rings is 1. The van der Waals surface area contributed by atoms with Crippen LogP contribution in [0.15, 0.2) is 18.2 Å². The molecule has 100 valence electrons. The normalized spacial score (nSPS) is 20.0. The Morgan fingerprint density at radius 3 is 2.61 bits per heavy atom. The number of nitrogens with zero attached hydrogens (tertiary/aromatic N) is 1. The number of likely N-dealkylation sites (tertiary alicyclic amines) is 1. The fourth-order valence-corrected chi connectivity index (χ4v) is 2.83. The van der Waals surface area contributed by atoms with Crippen molar-refractivity contribution in [3.63, 3.8) is 0 Å². The minimum atomic E-state index is -0.851. The van der Waals surface area contributed by atoms with E-state index >= 15 is 0 Å². The maximum Gasteiger partial charge on any atom is 0.123 e. The molecule has 0 unspecified atom stereocenters. The first-order valence-corrected chi connectivity index (χ1v) is 6.76. The zero-order chi connectivity index (χ0) is 13.2. The summed E-state index contributed by atoms with van der Waals surface area (Å²) in [5.41, 5.74) is 0.887. The van der Waals surface area contributed by atoms with Gasteiger partial charge in [-0.05, 0) is 56.0 Å². The first kappa shape index (κ1) is 13.5. The summed E-state index contributed by atoms with van der Waals surface area (Å²) in [5.74, 6) is -0.264. The molecule has 0 bridgehead atoms. The summed E-state index contributed by atoms with van der Waals surface area (Å²) in [5, 5.41) is 10.7. The van der Waals surface area contributed by atoms with Gasteiger partial charge in [-0.3, -0.25) is 0 Å². The van der Waals surface area contributed by atoms with Gasteiger partial charge in [0.1, 0.15) is 5.82 Å². The van der Waals surface area contributed by atoms with E-state index in [0.29, 0.717) is 12.8 Å². The summed E-state index contributed by atoms with van der Waals surface area (Å²) in [6.07, 6.45) is 2.52. The van der Waals surface area contributed by atoms with Crippen LogP contribution in [0.5, 0.6) is 0 Å². The van der Waals surface area contributed by atoms with Gasteiger partial charge >= 0.3 is 0 Å². The van der Waals surface area contributed by atoms with Gasteiger partial charge in [0.25, 0.3) is 0 Å². The van der Waals surface area contributed by atoms with Crippen molar-refractivity contribution in [3.05, 3.63) is 35.1 Å². The summed E-state index contributed by atoms with van der Waals surface area (Å²) < 4.78 is 13.3. The second kappa shape index (κ2) is 5.37. The number of halogens is 1. The molecule has 1 heterocycles. The third-order valence-electron chi connectivity index (χ3n) is 3.92. The summed E-state index contributed by atoms with van der Waals surface area (Å²) in [6, 6.07) is 4.69. The van der Waals surface area contributed by atoms with Gasteiger partial charge in [0.05, 0.1) is 5.60 Å². The second-order valence-corrected chi connectivity index (χ2v) is 5.33. The van der Waals surface area contributed by atoms with E-state index in [2.05, 4.69) is 11.8 Å². The maximum atomic E-state index is 13.3. The zero-order valence-electron chi connectivity index (χ0n) is 11.2. The number of aryl methyl sites for hydroxylation is 1. The molecule has 0 aromatic heterocycles. The van der Waals surface area contributed by atoms with E-state index in [4.69, 9.17) is 0 Å². The monoisotopic (exact) mass is 251 g/mol. The Labute approximate surface area is 108 Å². The topological polar surface area (TPSA) is 23.5 Å². The molecule has 0 radical (unpaired) electrons. The first-order chi connectivity index (χ1) is 8.55. The Morgan fingerprint density at radius 1 is 1.33 bits per heavy atom.